The maximum Gasteiger partial charge on any atom is 0.164 e. The number of nitrogens with zero attached hydrogens (tertiary/aromatic N) is 3. The third kappa shape index (κ3) is 4.06. The molecule has 0 radical (unpaired) electrons. The lowest BCUT2D eigenvalue weighted by molar-refractivity contribution is 0.668. The Hall–Kier alpha value is -6.07. The van der Waals surface area contributed by atoms with Crippen molar-refractivity contribution in [1.82, 2.24) is 15.0 Å². The maximum atomic E-state index is 6.33. The van der Waals surface area contributed by atoms with E-state index in [1.54, 1.807) is 0 Å². The predicted molar refractivity (Wildman–Crippen MR) is 176 cm³/mol. The average Bonchev–Trinajstić information content (AvgIpc) is 3.66. The van der Waals surface area contributed by atoms with E-state index in [0.717, 1.165) is 66.1 Å². The second-order valence-electron chi connectivity index (χ2n) is 10.9. The summed E-state index contributed by atoms with van der Waals surface area (Å²) in [6.07, 6.45) is 0. The molecule has 0 aliphatic carbocycles. The fourth-order valence-corrected chi connectivity index (χ4v) is 5.94. The Labute approximate surface area is 252 Å². The van der Waals surface area contributed by atoms with E-state index in [4.69, 9.17) is 23.8 Å². The zero-order valence-electron chi connectivity index (χ0n) is 23.4. The minimum absolute atomic E-state index is 0.582. The van der Waals surface area contributed by atoms with Crippen LogP contribution < -0.4 is 0 Å². The highest BCUT2D eigenvalue weighted by Gasteiger charge is 2.16. The highest BCUT2D eigenvalue weighted by Crippen LogP contribution is 2.36. The van der Waals surface area contributed by atoms with Crippen LogP contribution in [0.15, 0.2) is 148 Å². The molecule has 5 heteroatoms. The third-order valence-electron chi connectivity index (χ3n) is 8.14. The molecule has 3 heterocycles. The van der Waals surface area contributed by atoms with Gasteiger partial charge in [0.15, 0.2) is 17.5 Å². The minimum atomic E-state index is 0.582. The number of rotatable bonds is 4. The van der Waals surface area contributed by atoms with Crippen molar-refractivity contribution in [3.63, 3.8) is 0 Å². The van der Waals surface area contributed by atoms with Gasteiger partial charge >= 0.3 is 0 Å². The smallest absolute Gasteiger partial charge is 0.164 e. The summed E-state index contributed by atoms with van der Waals surface area (Å²) in [4.78, 5) is 14.9. The molecule has 0 saturated carbocycles. The second-order valence-corrected chi connectivity index (χ2v) is 10.9. The van der Waals surface area contributed by atoms with Crippen LogP contribution in [0.4, 0.5) is 0 Å². The van der Waals surface area contributed by atoms with Gasteiger partial charge in [-0.1, -0.05) is 91.0 Å². The zero-order valence-corrected chi connectivity index (χ0v) is 23.4. The van der Waals surface area contributed by atoms with Crippen LogP contribution >= 0.6 is 0 Å². The Balaban J connectivity index is 1.20. The molecule has 0 spiro atoms. The van der Waals surface area contributed by atoms with E-state index in [-0.39, 0.29) is 0 Å². The Morgan fingerprint density at radius 2 is 0.773 bits per heavy atom. The summed E-state index contributed by atoms with van der Waals surface area (Å²) < 4.78 is 12.4. The third-order valence-corrected chi connectivity index (χ3v) is 8.14. The maximum absolute atomic E-state index is 6.33. The molecule has 0 aliphatic rings. The highest BCUT2D eigenvalue weighted by atomic mass is 16.3. The lowest BCUT2D eigenvalue weighted by Crippen LogP contribution is -2.00. The predicted octanol–water partition coefficient (Wildman–Crippen LogP) is 10.3. The first-order valence-electron chi connectivity index (χ1n) is 14.5. The Bertz CT molecular complexity index is 2500. The van der Waals surface area contributed by atoms with Gasteiger partial charge < -0.3 is 8.83 Å². The van der Waals surface area contributed by atoms with Crippen LogP contribution in [-0.4, -0.2) is 15.0 Å². The average molecular weight is 566 g/mol. The number of hydrogen-bond donors (Lipinski definition) is 0. The first-order chi connectivity index (χ1) is 21.8. The highest BCUT2D eigenvalue weighted by molar-refractivity contribution is 6.07. The molecule has 0 amide bonds. The number of aromatic nitrogens is 3. The second kappa shape index (κ2) is 9.75. The van der Waals surface area contributed by atoms with Crippen LogP contribution in [-0.2, 0) is 0 Å². The van der Waals surface area contributed by atoms with Gasteiger partial charge in [-0.05, 0) is 59.7 Å². The molecule has 6 aromatic carbocycles. The molecule has 44 heavy (non-hydrogen) atoms. The first kappa shape index (κ1) is 24.5. The molecule has 0 fully saturated rings. The van der Waals surface area contributed by atoms with Crippen molar-refractivity contribution < 1.29 is 8.83 Å². The van der Waals surface area contributed by atoms with Crippen molar-refractivity contribution in [2.45, 2.75) is 0 Å². The summed E-state index contributed by atoms with van der Waals surface area (Å²) in [6.45, 7) is 0. The largest absolute Gasteiger partial charge is 0.456 e. The lowest BCUT2D eigenvalue weighted by atomic mass is 10.0. The molecule has 3 aromatic heterocycles. The molecule has 9 aromatic rings. The van der Waals surface area contributed by atoms with Crippen LogP contribution in [0.1, 0.15) is 0 Å². The zero-order chi connectivity index (χ0) is 29.0. The van der Waals surface area contributed by atoms with Gasteiger partial charge in [-0.2, -0.15) is 0 Å². The Kier molecular flexibility index (Phi) is 5.43. The first-order valence-corrected chi connectivity index (χ1v) is 14.5. The topological polar surface area (TPSA) is 65.0 Å². The van der Waals surface area contributed by atoms with Crippen molar-refractivity contribution in [3.05, 3.63) is 140 Å². The summed E-state index contributed by atoms with van der Waals surface area (Å²) in [5.74, 6) is 1.79. The fraction of sp³-hybridized carbons (Fsp3) is 0. The SMILES string of the molecule is c1ccc(-c2ccc3oc4cc(-c5nc(-c6ccccc6)nc(-c6ccc7oc8ccccc8c7c6)n5)ccc4c3c2)cc1. The van der Waals surface area contributed by atoms with Gasteiger partial charge in [0.05, 0.1) is 0 Å². The number of hydrogen-bond acceptors (Lipinski definition) is 5. The van der Waals surface area contributed by atoms with Crippen LogP contribution in [0.25, 0.3) is 89.2 Å². The molecule has 0 saturated heterocycles. The van der Waals surface area contributed by atoms with Crippen LogP contribution in [0.3, 0.4) is 0 Å². The summed E-state index contributed by atoms with van der Waals surface area (Å²) in [6, 6.07) is 47.1. The molecular formula is C39H23N3O2. The van der Waals surface area contributed by atoms with E-state index in [2.05, 4.69) is 60.7 Å². The van der Waals surface area contributed by atoms with E-state index in [9.17, 15) is 0 Å². The monoisotopic (exact) mass is 565 g/mol. The summed E-state index contributed by atoms with van der Waals surface area (Å²) in [5.41, 5.74) is 8.32. The normalized spacial score (nSPS) is 11.6. The van der Waals surface area contributed by atoms with Crippen LogP contribution in [0.5, 0.6) is 0 Å². The molecule has 0 aliphatic heterocycles. The number of fused-ring (bicyclic) bond motifs is 6. The molecule has 9 rings (SSSR count). The van der Waals surface area contributed by atoms with Gasteiger partial charge in [-0.25, -0.2) is 15.0 Å². The van der Waals surface area contributed by atoms with Gasteiger partial charge in [0, 0.05) is 38.2 Å². The molecule has 0 bridgehead atoms. The van der Waals surface area contributed by atoms with E-state index in [0.29, 0.717) is 17.5 Å². The standard InChI is InChI=1S/C39H23N3O2/c1-3-9-24(10-4-1)26-16-19-35-31(21-26)30-18-15-28(23-36(30)44-35)39-41-37(25-11-5-2-6-12-25)40-38(42-39)27-17-20-34-32(22-27)29-13-7-8-14-33(29)43-34/h1-23H. The fourth-order valence-electron chi connectivity index (χ4n) is 5.94. The minimum Gasteiger partial charge on any atom is -0.456 e. The van der Waals surface area contributed by atoms with E-state index in [1.165, 1.54) is 5.56 Å². The van der Waals surface area contributed by atoms with Gasteiger partial charge in [0.1, 0.15) is 22.3 Å². The number of benzene rings is 6. The van der Waals surface area contributed by atoms with Gasteiger partial charge in [-0.15, -0.1) is 0 Å². The Morgan fingerprint density at radius 3 is 1.50 bits per heavy atom. The van der Waals surface area contributed by atoms with Crippen molar-refractivity contribution >= 4 is 43.9 Å². The summed E-state index contributed by atoms with van der Waals surface area (Å²) in [5, 5.41) is 4.22. The van der Waals surface area contributed by atoms with Crippen molar-refractivity contribution in [2.24, 2.45) is 0 Å². The molecule has 0 unspecified atom stereocenters. The molecule has 5 nitrogen and oxygen atoms in total. The van der Waals surface area contributed by atoms with Crippen LogP contribution in [0, 0.1) is 0 Å². The van der Waals surface area contributed by atoms with Gasteiger partial charge in [0.2, 0.25) is 0 Å². The molecule has 0 N–H and O–H groups in total. The summed E-state index contributed by atoms with van der Waals surface area (Å²) in [7, 11) is 0. The van der Waals surface area contributed by atoms with Crippen molar-refractivity contribution in [2.75, 3.05) is 0 Å². The molecule has 206 valence electrons. The molecule has 0 atom stereocenters. The van der Waals surface area contributed by atoms with E-state index < -0.39 is 0 Å². The Morgan fingerprint density at radius 1 is 0.295 bits per heavy atom. The lowest BCUT2D eigenvalue weighted by Gasteiger charge is -2.08. The van der Waals surface area contributed by atoms with Gasteiger partial charge in [-0.3, -0.25) is 0 Å². The summed E-state index contributed by atoms with van der Waals surface area (Å²) >= 11 is 0. The van der Waals surface area contributed by atoms with E-state index >= 15 is 0 Å². The molecular weight excluding hydrogens is 542 g/mol. The van der Waals surface area contributed by atoms with Crippen molar-refractivity contribution in [3.8, 4) is 45.3 Å². The number of furan rings is 2. The van der Waals surface area contributed by atoms with Crippen LogP contribution in [0.2, 0.25) is 0 Å². The number of para-hydroxylation sites is 1. The van der Waals surface area contributed by atoms with Gasteiger partial charge in [0.25, 0.3) is 0 Å². The quantitative estimate of drug-likeness (QED) is 0.212. The van der Waals surface area contributed by atoms with E-state index in [1.807, 2.05) is 78.9 Å². The van der Waals surface area contributed by atoms with Crippen molar-refractivity contribution in [1.29, 1.82) is 0 Å².